The predicted octanol–water partition coefficient (Wildman–Crippen LogP) is 3.98. The summed E-state index contributed by atoms with van der Waals surface area (Å²) in [6.07, 6.45) is 0. The summed E-state index contributed by atoms with van der Waals surface area (Å²) >= 11 is 9.45. The molecule has 0 radical (unpaired) electrons. The molecule has 0 amide bonds. The molecule has 16 heavy (non-hydrogen) atoms. The normalized spacial score (nSPS) is 10.6. The summed E-state index contributed by atoms with van der Waals surface area (Å²) in [6.45, 7) is 2.00. The van der Waals surface area contributed by atoms with E-state index in [1.165, 1.54) is 0 Å². The van der Waals surface area contributed by atoms with Crippen molar-refractivity contribution in [3.05, 3.63) is 39.9 Å². The molecule has 2 nitrogen and oxygen atoms in total. The van der Waals surface area contributed by atoms with Gasteiger partial charge in [0.2, 0.25) is 0 Å². The topological polar surface area (TPSA) is 38.9 Å². The fourth-order valence-electron chi connectivity index (χ4n) is 1.22. The number of nitrogens with two attached hydrogens (primary N) is 1. The van der Waals surface area contributed by atoms with E-state index in [0.717, 1.165) is 26.4 Å². The lowest BCUT2D eigenvalue weighted by Crippen LogP contribution is -1.87. The van der Waals surface area contributed by atoms with Crippen LogP contribution in [0.4, 0.5) is 5.69 Å². The van der Waals surface area contributed by atoms with Crippen molar-refractivity contribution in [2.75, 3.05) is 5.73 Å². The van der Waals surface area contributed by atoms with Crippen LogP contribution in [0.1, 0.15) is 11.3 Å². The van der Waals surface area contributed by atoms with Gasteiger partial charge in [-0.1, -0.05) is 29.4 Å². The zero-order chi connectivity index (χ0) is 11.5. The molecule has 0 aliphatic heterocycles. The van der Waals surface area contributed by atoms with E-state index in [4.69, 9.17) is 17.3 Å². The van der Waals surface area contributed by atoms with Gasteiger partial charge in [0.15, 0.2) is 0 Å². The van der Waals surface area contributed by atoms with Gasteiger partial charge in [0.05, 0.1) is 0 Å². The third-order valence-corrected chi connectivity index (χ3v) is 4.57. The second-order valence-corrected chi connectivity index (χ2v) is 5.88. The van der Waals surface area contributed by atoms with Gasteiger partial charge in [-0.2, -0.15) is 0 Å². The average Bonchev–Trinajstić information content (AvgIpc) is 2.63. The molecular formula is C11H11ClN2S2. The molecule has 0 bridgehead atoms. The number of aryl methyl sites for hydroxylation is 1. The SMILES string of the molecule is Cc1csc(SCc2ccc(N)cc2Cl)n1. The molecule has 0 saturated carbocycles. The van der Waals surface area contributed by atoms with Crippen molar-refractivity contribution in [1.82, 2.24) is 4.98 Å². The molecule has 2 aromatic rings. The lowest BCUT2D eigenvalue weighted by Gasteiger charge is -2.03. The molecule has 0 aliphatic rings. The molecule has 0 aliphatic carbocycles. The summed E-state index contributed by atoms with van der Waals surface area (Å²) in [7, 11) is 0. The first-order valence-corrected chi connectivity index (χ1v) is 6.98. The maximum atomic E-state index is 6.09. The third kappa shape index (κ3) is 2.90. The fraction of sp³-hybridized carbons (Fsp3) is 0.182. The van der Waals surface area contributed by atoms with E-state index in [0.29, 0.717) is 5.69 Å². The van der Waals surface area contributed by atoms with Gasteiger partial charge in [0.25, 0.3) is 0 Å². The maximum Gasteiger partial charge on any atom is 0.150 e. The van der Waals surface area contributed by atoms with E-state index < -0.39 is 0 Å². The Kier molecular flexibility index (Phi) is 3.74. The maximum absolute atomic E-state index is 6.09. The molecule has 0 saturated heterocycles. The average molecular weight is 271 g/mol. The van der Waals surface area contributed by atoms with E-state index >= 15 is 0 Å². The zero-order valence-corrected chi connectivity index (χ0v) is 11.1. The van der Waals surface area contributed by atoms with Crippen molar-refractivity contribution < 1.29 is 0 Å². The van der Waals surface area contributed by atoms with Gasteiger partial charge in [-0.25, -0.2) is 4.98 Å². The van der Waals surface area contributed by atoms with Crippen LogP contribution >= 0.6 is 34.7 Å². The Morgan fingerprint density at radius 3 is 2.94 bits per heavy atom. The Bertz CT molecular complexity index is 496. The summed E-state index contributed by atoms with van der Waals surface area (Å²) in [4.78, 5) is 4.39. The lowest BCUT2D eigenvalue weighted by molar-refractivity contribution is 1.16. The summed E-state index contributed by atoms with van der Waals surface area (Å²) in [5.74, 6) is 0.825. The molecule has 2 N–H and O–H groups in total. The fourth-order valence-corrected chi connectivity index (χ4v) is 3.41. The van der Waals surface area contributed by atoms with Crippen LogP contribution in [0.5, 0.6) is 0 Å². The van der Waals surface area contributed by atoms with Crippen LogP contribution in [0, 0.1) is 6.92 Å². The van der Waals surface area contributed by atoms with Gasteiger partial charge in [-0.15, -0.1) is 11.3 Å². The van der Waals surface area contributed by atoms with Gasteiger partial charge in [-0.3, -0.25) is 0 Å². The summed E-state index contributed by atoms with van der Waals surface area (Å²) in [5.41, 5.74) is 8.49. The van der Waals surface area contributed by atoms with Gasteiger partial charge >= 0.3 is 0 Å². The second-order valence-electron chi connectivity index (χ2n) is 3.39. The number of nitrogen functional groups attached to an aromatic ring is 1. The Morgan fingerprint density at radius 2 is 2.31 bits per heavy atom. The number of nitrogens with zero attached hydrogens (tertiary/aromatic N) is 1. The molecular weight excluding hydrogens is 260 g/mol. The number of hydrogen-bond donors (Lipinski definition) is 1. The Morgan fingerprint density at radius 1 is 1.50 bits per heavy atom. The van der Waals surface area contributed by atoms with Gasteiger partial charge in [0, 0.05) is 27.5 Å². The van der Waals surface area contributed by atoms with E-state index in [-0.39, 0.29) is 0 Å². The molecule has 2 rings (SSSR count). The van der Waals surface area contributed by atoms with Gasteiger partial charge in [0.1, 0.15) is 4.34 Å². The number of aromatic nitrogens is 1. The van der Waals surface area contributed by atoms with Crippen LogP contribution < -0.4 is 5.73 Å². The minimum Gasteiger partial charge on any atom is -0.399 e. The van der Waals surface area contributed by atoms with Crippen molar-refractivity contribution in [2.24, 2.45) is 0 Å². The highest BCUT2D eigenvalue weighted by Gasteiger charge is 2.04. The number of thiazole rings is 1. The first kappa shape index (κ1) is 11.8. The van der Waals surface area contributed by atoms with Crippen molar-refractivity contribution in [2.45, 2.75) is 17.0 Å². The number of rotatable bonds is 3. The van der Waals surface area contributed by atoms with Crippen LogP contribution in [0.2, 0.25) is 5.02 Å². The molecule has 1 aromatic heterocycles. The molecule has 84 valence electrons. The number of benzene rings is 1. The molecule has 0 fully saturated rings. The Balaban J connectivity index is 2.04. The summed E-state index contributed by atoms with van der Waals surface area (Å²) in [6, 6.07) is 5.62. The monoisotopic (exact) mass is 270 g/mol. The van der Waals surface area contributed by atoms with Crippen molar-refractivity contribution in [3.8, 4) is 0 Å². The summed E-state index contributed by atoms with van der Waals surface area (Å²) in [5, 5.41) is 2.77. The Labute approximate surface area is 108 Å². The predicted molar refractivity (Wildman–Crippen MR) is 72.3 cm³/mol. The number of hydrogen-bond acceptors (Lipinski definition) is 4. The van der Waals surface area contributed by atoms with Gasteiger partial charge in [-0.05, 0) is 24.6 Å². The standard InChI is InChI=1S/C11H11ClN2S2/c1-7-5-15-11(14-7)16-6-8-2-3-9(13)4-10(8)12/h2-5H,6,13H2,1H3. The van der Waals surface area contributed by atoms with Crippen LogP contribution in [-0.2, 0) is 5.75 Å². The van der Waals surface area contributed by atoms with E-state index in [1.54, 1.807) is 29.2 Å². The molecule has 0 unspecified atom stereocenters. The second kappa shape index (κ2) is 5.08. The van der Waals surface area contributed by atoms with Crippen molar-refractivity contribution >= 4 is 40.4 Å². The first-order valence-electron chi connectivity index (χ1n) is 4.74. The van der Waals surface area contributed by atoms with Crippen molar-refractivity contribution in [1.29, 1.82) is 0 Å². The largest absolute Gasteiger partial charge is 0.399 e. The molecule has 0 spiro atoms. The third-order valence-electron chi connectivity index (χ3n) is 2.03. The van der Waals surface area contributed by atoms with Crippen molar-refractivity contribution in [3.63, 3.8) is 0 Å². The van der Waals surface area contributed by atoms with Crippen LogP contribution in [0.3, 0.4) is 0 Å². The highest BCUT2D eigenvalue weighted by Crippen LogP contribution is 2.29. The minimum atomic E-state index is 0.698. The van der Waals surface area contributed by atoms with E-state index in [2.05, 4.69) is 4.98 Å². The quantitative estimate of drug-likeness (QED) is 0.677. The van der Waals surface area contributed by atoms with E-state index in [9.17, 15) is 0 Å². The molecule has 1 heterocycles. The first-order chi connectivity index (χ1) is 7.65. The van der Waals surface area contributed by atoms with Crippen LogP contribution in [0.15, 0.2) is 27.9 Å². The summed E-state index contributed by atoms with van der Waals surface area (Å²) < 4.78 is 1.07. The highest BCUT2D eigenvalue weighted by molar-refractivity contribution is 8.00. The number of halogens is 1. The number of thioether (sulfide) groups is 1. The zero-order valence-electron chi connectivity index (χ0n) is 8.74. The van der Waals surface area contributed by atoms with Crippen LogP contribution in [-0.4, -0.2) is 4.98 Å². The number of anilines is 1. The van der Waals surface area contributed by atoms with Crippen LogP contribution in [0.25, 0.3) is 0 Å². The molecule has 1 aromatic carbocycles. The Hall–Kier alpha value is -0.710. The van der Waals surface area contributed by atoms with E-state index in [1.807, 2.05) is 24.4 Å². The lowest BCUT2D eigenvalue weighted by atomic mass is 10.2. The molecule has 5 heteroatoms. The smallest absolute Gasteiger partial charge is 0.150 e. The minimum absolute atomic E-state index is 0.698. The molecule has 0 atom stereocenters. The highest BCUT2D eigenvalue weighted by atomic mass is 35.5. The van der Waals surface area contributed by atoms with Gasteiger partial charge < -0.3 is 5.73 Å².